The van der Waals surface area contributed by atoms with Crippen molar-refractivity contribution in [3.63, 3.8) is 0 Å². The molecule has 90 valence electrons. The smallest absolute Gasteiger partial charge is 0.0897 e. The summed E-state index contributed by atoms with van der Waals surface area (Å²) in [6.45, 7) is 2.75. The maximum atomic E-state index is 5.99. The summed E-state index contributed by atoms with van der Waals surface area (Å²) in [6, 6.07) is 0.530. The van der Waals surface area contributed by atoms with Crippen molar-refractivity contribution >= 4 is 11.3 Å². The first-order valence-electron chi connectivity index (χ1n) is 6.00. The van der Waals surface area contributed by atoms with Crippen LogP contribution in [0.25, 0.3) is 0 Å². The van der Waals surface area contributed by atoms with E-state index >= 15 is 0 Å². The van der Waals surface area contributed by atoms with Gasteiger partial charge >= 0.3 is 0 Å². The largest absolute Gasteiger partial charge is 0.371 e. The molecular weight excluding hydrogens is 220 g/mol. The maximum Gasteiger partial charge on any atom is 0.0897 e. The monoisotopic (exact) mass is 240 g/mol. The van der Waals surface area contributed by atoms with Gasteiger partial charge in [-0.2, -0.15) is 0 Å². The van der Waals surface area contributed by atoms with Crippen LogP contribution in [-0.4, -0.2) is 24.2 Å². The van der Waals surface area contributed by atoms with E-state index in [4.69, 9.17) is 4.74 Å². The van der Waals surface area contributed by atoms with Gasteiger partial charge in [0.25, 0.3) is 0 Å². The summed E-state index contributed by atoms with van der Waals surface area (Å²) in [5.41, 5.74) is 0. The molecule has 1 aromatic heterocycles. The lowest BCUT2D eigenvalue weighted by Gasteiger charge is -2.31. The second kappa shape index (κ2) is 5.75. The summed E-state index contributed by atoms with van der Waals surface area (Å²) in [5.74, 6) is 0. The number of thiazole rings is 1. The minimum atomic E-state index is 0.376. The van der Waals surface area contributed by atoms with Crippen LogP contribution < -0.4 is 5.32 Å². The molecule has 1 aliphatic rings. The molecule has 0 aromatic carbocycles. The van der Waals surface area contributed by atoms with E-state index in [0.29, 0.717) is 18.8 Å². The van der Waals surface area contributed by atoms with E-state index in [-0.39, 0.29) is 0 Å². The van der Waals surface area contributed by atoms with E-state index in [1.54, 1.807) is 11.3 Å². The van der Waals surface area contributed by atoms with Gasteiger partial charge in [0.05, 0.1) is 22.6 Å². The Balaban J connectivity index is 1.84. The molecule has 0 aliphatic heterocycles. The van der Waals surface area contributed by atoms with Crippen molar-refractivity contribution in [2.45, 2.75) is 51.4 Å². The van der Waals surface area contributed by atoms with Gasteiger partial charge in [-0.25, -0.2) is 4.98 Å². The van der Waals surface area contributed by atoms with Gasteiger partial charge in [0, 0.05) is 12.2 Å². The van der Waals surface area contributed by atoms with Crippen LogP contribution in [0.1, 0.15) is 35.6 Å². The Morgan fingerprint density at radius 3 is 3.00 bits per heavy atom. The lowest BCUT2D eigenvalue weighted by atomic mass is 9.92. The molecule has 1 aromatic rings. The summed E-state index contributed by atoms with van der Waals surface area (Å²) in [5, 5.41) is 4.48. The van der Waals surface area contributed by atoms with Crippen LogP contribution in [0.15, 0.2) is 6.20 Å². The number of rotatable bonds is 4. The number of nitrogens with one attached hydrogen (secondary N) is 1. The van der Waals surface area contributed by atoms with Crippen LogP contribution in [0.5, 0.6) is 0 Å². The topological polar surface area (TPSA) is 34.1 Å². The van der Waals surface area contributed by atoms with Crippen molar-refractivity contribution in [2.24, 2.45) is 0 Å². The van der Waals surface area contributed by atoms with Crippen molar-refractivity contribution < 1.29 is 4.74 Å². The molecule has 0 spiro atoms. The Bertz CT molecular complexity index is 327. The number of likely N-dealkylation sites (N-methyl/N-ethyl adjacent to an activating group) is 1. The second-order valence-electron chi connectivity index (χ2n) is 4.37. The molecule has 16 heavy (non-hydrogen) atoms. The highest BCUT2D eigenvalue weighted by Crippen LogP contribution is 2.23. The third kappa shape index (κ3) is 3.03. The Hall–Kier alpha value is -0.450. The lowest BCUT2D eigenvalue weighted by molar-refractivity contribution is -0.00248. The average Bonchev–Trinajstić information content (AvgIpc) is 2.73. The molecule has 2 rings (SSSR count). The van der Waals surface area contributed by atoms with E-state index in [1.165, 1.54) is 30.6 Å². The van der Waals surface area contributed by atoms with Gasteiger partial charge < -0.3 is 10.1 Å². The Morgan fingerprint density at radius 2 is 2.31 bits per heavy atom. The molecule has 1 fully saturated rings. The predicted molar refractivity (Wildman–Crippen MR) is 66.7 cm³/mol. The van der Waals surface area contributed by atoms with Gasteiger partial charge in [0.2, 0.25) is 0 Å². The van der Waals surface area contributed by atoms with Crippen molar-refractivity contribution in [2.75, 3.05) is 7.05 Å². The van der Waals surface area contributed by atoms with Gasteiger partial charge in [0.1, 0.15) is 0 Å². The molecule has 1 saturated carbocycles. The highest BCUT2D eigenvalue weighted by atomic mass is 32.1. The fourth-order valence-electron chi connectivity index (χ4n) is 2.29. The average molecular weight is 240 g/mol. The Kier molecular flexibility index (Phi) is 4.32. The first-order chi connectivity index (χ1) is 7.79. The first kappa shape index (κ1) is 12.0. The zero-order valence-corrected chi connectivity index (χ0v) is 10.8. The van der Waals surface area contributed by atoms with Gasteiger partial charge in [-0.3, -0.25) is 0 Å². The fourth-order valence-corrected chi connectivity index (χ4v) is 3.01. The zero-order valence-electron chi connectivity index (χ0n) is 10.0. The number of aryl methyl sites for hydroxylation is 1. The van der Waals surface area contributed by atoms with Crippen LogP contribution in [0.3, 0.4) is 0 Å². The molecular formula is C12H20N2OS. The third-order valence-corrected chi connectivity index (χ3v) is 4.07. The molecule has 2 atom stereocenters. The minimum Gasteiger partial charge on any atom is -0.371 e. The molecule has 2 unspecified atom stereocenters. The van der Waals surface area contributed by atoms with Crippen molar-refractivity contribution in [1.82, 2.24) is 10.3 Å². The number of aromatic nitrogens is 1. The molecule has 1 aliphatic carbocycles. The van der Waals surface area contributed by atoms with Gasteiger partial charge in [-0.15, -0.1) is 11.3 Å². The van der Waals surface area contributed by atoms with E-state index < -0.39 is 0 Å². The van der Waals surface area contributed by atoms with E-state index in [1.807, 2.05) is 20.2 Å². The van der Waals surface area contributed by atoms with Crippen molar-refractivity contribution in [3.05, 3.63) is 16.1 Å². The predicted octanol–water partition coefficient (Wildman–Crippen LogP) is 2.50. The third-order valence-electron chi connectivity index (χ3n) is 3.18. The molecule has 0 radical (unpaired) electrons. The highest BCUT2D eigenvalue weighted by molar-refractivity contribution is 7.11. The quantitative estimate of drug-likeness (QED) is 0.878. The van der Waals surface area contributed by atoms with Crippen molar-refractivity contribution in [1.29, 1.82) is 0 Å². The van der Waals surface area contributed by atoms with E-state index in [9.17, 15) is 0 Å². The maximum absolute atomic E-state index is 5.99. The van der Waals surface area contributed by atoms with Crippen LogP contribution in [0.2, 0.25) is 0 Å². The van der Waals surface area contributed by atoms with Gasteiger partial charge in [-0.1, -0.05) is 12.8 Å². The molecule has 0 saturated heterocycles. The van der Waals surface area contributed by atoms with Crippen LogP contribution in [0, 0.1) is 6.92 Å². The molecule has 4 heteroatoms. The van der Waals surface area contributed by atoms with Crippen LogP contribution in [0.4, 0.5) is 0 Å². The number of ether oxygens (including phenoxy) is 1. The molecule has 1 N–H and O–H groups in total. The summed E-state index contributed by atoms with van der Waals surface area (Å²) < 4.78 is 5.99. The van der Waals surface area contributed by atoms with Crippen LogP contribution >= 0.6 is 11.3 Å². The number of nitrogens with zero attached hydrogens (tertiary/aromatic N) is 1. The summed E-state index contributed by atoms with van der Waals surface area (Å²) >= 11 is 1.73. The fraction of sp³-hybridized carbons (Fsp3) is 0.750. The first-order valence-corrected chi connectivity index (χ1v) is 6.81. The molecule has 0 amide bonds. The second-order valence-corrected chi connectivity index (χ2v) is 5.69. The SMILES string of the molecule is CNC1CCCCC1OCc1cnc(C)s1. The van der Waals surface area contributed by atoms with Gasteiger partial charge in [0.15, 0.2) is 0 Å². The highest BCUT2D eigenvalue weighted by Gasteiger charge is 2.24. The Labute approximate surface area is 101 Å². The van der Waals surface area contributed by atoms with E-state index in [2.05, 4.69) is 10.3 Å². The standard InChI is InChI=1S/C12H20N2OS/c1-9-14-7-10(16-9)8-15-12-6-4-3-5-11(12)13-2/h7,11-13H,3-6,8H2,1-2H3. The van der Waals surface area contributed by atoms with Gasteiger partial charge in [-0.05, 0) is 26.8 Å². The molecule has 1 heterocycles. The molecule has 0 bridgehead atoms. The number of hydrogen-bond donors (Lipinski definition) is 1. The normalized spacial score (nSPS) is 25.9. The van der Waals surface area contributed by atoms with Crippen LogP contribution in [-0.2, 0) is 11.3 Å². The minimum absolute atomic E-state index is 0.376. The summed E-state index contributed by atoms with van der Waals surface area (Å²) in [7, 11) is 2.03. The van der Waals surface area contributed by atoms with E-state index in [0.717, 1.165) is 5.01 Å². The lowest BCUT2D eigenvalue weighted by Crippen LogP contribution is -2.41. The summed E-state index contributed by atoms with van der Waals surface area (Å²) in [6.07, 6.45) is 7.35. The zero-order chi connectivity index (χ0) is 11.4. The van der Waals surface area contributed by atoms with Crippen molar-refractivity contribution in [3.8, 4) is 0 Å². The Morgan fingerprint density at radius 1 is 1.50 bits per heavy atom. The number of hydrogen-bond acceptors (Lipinski definition) is 4. The summed E-state index contributed by atoms with van der Waals surface area (Å²) in [4.78, 5) is 5.48. The molecule has 3 nitrogen and oxygen atoms in total.